The van der Waals surface area contributed by atoms with Gasteiger partial charge in [0.15, 0.2) is 18.9 Å². The molecule has 0 spiro atoms. The molecule has 5 heteroatoms. The quantitative estimate of drug-likeness (QED) is 0.784. The lowest BCUT2D eigenvalue weighted by molar-refractivity contribution is -0.276. The van der Waals surface area contributed by atoms with Crippen LogP contribution in [-0.4, -0.2) is 43.8 Å². The second-order valence-electron chi connectivity index (χ2n) is 9.10. The van der Waals surface area contributed by atoms with Gasteiger partial charge in [-0.05, 0) is 10.8 Å². The molecular weight excluding hydrogens is 284 g/mol. The molecule has 0 aliphatic carbocycles. The molecule has 0 aromatic rings. The fraction of sp³-hybridized carbons (Fsp3) is 1.00. The monoisotopic (exact) mass is 314 g/mol. The predicted molar refractivity (Wildman–Crippen MR) is 81.2 cm³/mol. The number of hydrogen-bond acceptors (Lipinski definition) is 5. The average molecular weight is 314 g/mol. The van der Waals surface area contributed by atoms with Gasteiger partial charge in [-0.1, -0.05) is 41.5 Å². The van der Waals surface area contributed by atoms with Crippen molar-refractivity contribution in [2.24, 2.45) is 10.8 Å². The minimum atomic E-state index is -0.320. The van der Waals surface area contributed by atoms with Gasteiger partial charge < -0.3 is 23.7 Å². The summed E-state index contributed by atoms with van der Waals surface area (Å²) >= 11 is 0. The summed E-state index contributed by atoms with van der Waals surface area (Å²) < 4.78 is 29.8. The van der Waals surface area contributed by atoms with Gasteiger partial charge in [0.25, 0.3) is 0 Å². The minimum absolute atomic E-state index is 0.0817. The molecule has 3 aliphatic heterocycles. The molecule has 0 aromatic carbocycles. The molecule has 0 aromatic heterocycles. The van der Waals surface area contributed by atoms with Crippen molar-refractivity contribution in [3.8, 4) is 0 Å². The van der Waals surface area contributed by atoms with E-state index in [0.717, 1.165) is 12.8 Å². The van der Waals surface area contributed by atoms with Gasteiger partial charge in [0.05, 0.1) is 6.61 Å². The van der Waals surface area contributed by atoms with Gasteiger partial charge in [-0.15, -0.1) is 0 Å². The molecule has 5 nitrogen and oxygen atoms in total. The van der Waals surface area contributed by atoms with Crippen LogP contribution >= 0.6 is 0 Å². The summed E-state index contributed by atoms with van der Waals surface area (Å²) in [5, 5.41) is 0. The fourth-order valence-corrected chi connectivity index (χ4v) is 3.22. The molecule has 2 unspecified atom stereocenters. The summed E-state index contributed by atoms with van der Waals surface area (Å²) in [5.41, 5.74) is 0.326. The van der Waals surface area contributed by atoms with Crippen molar-refractivity contribution >= 4 is 0 Å². The maximum absolute atomic E-state index is 6.13. The van der Waals surface area contributed by atoms with Crippen LogP contribution in [0.25, 0.3) is 0 Å². The Kier molecular flexibility index (Phi) is 4.32. The number of ether oxygens (including phenoxy) is 5. The average Bonchev–Trinajstić information content (AvgIpc) is 2.82. The van der Waals surface area contributed by atoms with E-state index >= 15 is 0 Å². The van der Waals surface area contributed by atoms with Crippen LogP contribution in [-0.2, 0) is 23.7 Å². The third kappa shape index (κ3) is 3.82. The Hall–Kier alpha value is -0.200. The van der Waals surface area contributed by atoms with Gasteiger partial charge in [0.2, 0.25) is 0 Å². The maximum atomic E-state index is 6.13. The largest absolute Gasteiger partial charge is 0.350 e. The second kappa shape index (κ2) is 5.71. The molecule has 3 rings (SSSR count). The van der Waals surface area contributed by atoms with Crippen LogP contribution in [0.4, 0.5) is 0 Å². The molecule has 22 heavy (non-hydrogen) atoms. The summed E-state index contributed by atoms with van der Waals surface area (Å²) in [6, 6.07) is 0. The van der Waals surface area contributed by atoms with E-state index in [0.29, 0.717) is 6.61 Å². The highest BCUT2D eigenvalue weighted by molar-refractivity contribution is 4.94. The first-order chi connectivity index (χ1) is 10.1. The Balaban J connectivity index is 1.59. The molecule has 0 amide bonds. The molecule has 3 fully saturated rings. The SMILES string of the molecule is CC(C)(C)CC1OC[C@H]2O[C@@H]3OC(CC(C)(C)C)O[C@@H]3[C@H]2O1. The molecule has 3 saturated heterocycles. The lowest BCUT2D eigenvalue weighted by Crippen LogP contribution is -2.47. The van der Waals surface area contributed by atoms with E-state index in [1.807, 2.05) is 0 Å². The molecule has 128 valence electrons. The first-order valence-corrected chi connectivity index (χ1v) is 8.34. The molecule has 0 saturated carbocycles. The Morgan fingerprint density at radius 2 is 1.32 bits per heavy atom. The smallest absolute Gasteiger partial charge is 0.190 e. The zero-order valence-electron chi connectivity index (χ0n) is 14.6. The van der Waals surface area contributed by atoms with Gasteiger partial charge in [-0.3, -0.25) is 0 Å². The Morgan fingerprint density at radius 1 is 0.727 bits per heavy atom. The van der Waals surface area contributed by atoms with E-state index in [4.69, 9.17) is 23.7 Å². The number of fused-ring (bicyclic) bond motifs is 3. The number of rotatable bonds is 2. The van der Waals surface area contributed by atoms with Crippen molar-refractivity contribution in [1.29, 1.82) is 0 Å². The third-order valence-corrected chi connectivity index (χ3v) is 4.18. The first-order valence-electron chi connectivity index (χ1n) is 8.34. The molecule has 0 N–H and O–H groups in total. The normalized spacial score (nSPS) is 42.3. The third-order valence-electron chi connectivity index (χ3n) is 4.18. The number of hydrogen-bond donors (Lipinski definition) is 0. The molecule has 0 bridgehead atoms. The van der Waals surface area contributed by atoms with Crippen LogP contribution in [0.3, 0.4) is 0 Å². The highest BCUT2D eigenvalue weighted by Crippen LogP contribution is 2.40. The highest BCUT2D eigenvalue weighted by Gasteiger charge is 2.55. The van der Waals surface area contributed by atoms with Gasteiger partial charge in [0.1, 0.15) is 18.3 Å². The second-order valence-corrected chi connectivity index (χ2v) is 9.10. The van der Waals surface area contributed by atoms with Crippen LogP contribution in [0, 0.1) is 10.8 Å². The van der Waals surface area contributed by atoms with E-state index < -0.39 is 0 Å². The molecule has 3 aliphatic rings. The van der Waals surface area contributed by atoms with Crippen LogP contribution in [0.5, 0.6) is 0 Å². The zero-order valence-corrected chi connectivity index (χ0v) is 14.6. The fourth-order valence-electron chi connectivity index (χ4n) is 3.22. The van der Waals surface area contributed by atoms with E-state index in [9.17, 15) is 0 Å². The van der Waals surface area contributed by atoms with Crippen molar-refractivity contribution in [3.05, 3.63) is 0 Å². The van der Waals surface area contributed by atoms with Crippen molar-refractivity contribution < 1.29 is 23.7 Å². The molecular formula is C17H30O5. The van der Waals surface area contributed by atoms with Crippen LogP contribution < -0.4 is 0 Å². The Bertz CT molecular complexity index is 397. The van der Waals surface area contributed by atoms with Crippen LogP contribution in [0.15, 0.2) is 0 Å². The minimum Gasteiger partial charge on any atom is -0.350 e. The summed E-state index contributed by atoms with van der Waals surface area (Å²) in [6.07, 6.45) is 0.695. The standard InChI is InChI=1S/C17H30O5/c1-16(2,3)7-11-18-9-10-13(20-11)14-15(19-10)22-12(21-14)8-17(4,5)6/h10-15H,7-9H2,1-6H3/t10-,11?,12?,13+,14-,15-/m1/s1. The van der Waals surface area contributed by atoms with Crippen molar-refractivity contribution in [1.82, 2.24) is 0 Å². The van der Waals surface area contributed by atoms with E-state index in [2.05, 4.69) is 41.5 Å². The lowest BCUT2D eigenvalue weighted by Gasteiger charge is -2.36. The summed E-state index contributed by atoms with van der Waals surface area (Å²) in [7, 11) is 0. The Morgan fingerprint density at radius 3 is 1.95 bits per heavy atom. The van der Waals surface area contributed by atoms with Gasteiger partial charge in [0, 0.05) is 12.8 Å². The topological polar surface area (TPSA) is 46.2 Å². The summed E-state index contributed by atoms with van der Waals surface area (Å²) in [4.78, 5) is 0. The summed E-state index contributed by atoms with van der Waals surface area (Å²) in [5.74, 6) is 0. The maximum Gasteiger partial charge on any atom is 0.190 e. The van der Waals surface area contributed by atoms with Crippen molar-refractivity contribution in [2.45, 2.75) is 91.6 Å². The molecule has 0 radical (unpaired) electrons. The zero-order chi connectivity index (χ0) is 16.1. The van der Waals surface area contributed by atoms with E-state index in [1.165, 1.54) is 0 Å². The van der Waals surface area contributed by atoms with Crippen molar-refractivity contribution in [2.75, 3.05) is 6.61 Å². The van der Waals surface area contributed by atoms with Crippen LogP contribution in [0.2, 0.25) is 0 Å². The Labute approximate surface area is 133 Å². The predicted octanol–water partition coefficient (Wildman–Crippen LogP) is 3.07. The first kappa shape index (κ1) is 16.7. The lowest BCUT2D eigenvalue weighted by atomic mass is 9.91. The van der Waals surface area contributed by atoms with Gasteiger partial charge in [-0.25, -0.2) is 0 Å². The van der Waals surface area contributed by atoms with Gasteiger partial charge in [-0.2, -0.15) is 0 Å². The molecule has 6 atom stereocenters. The van der Waals surface area contributed by atoms with E-state index in [-0.39, 0.29) is 48.0 Å². The van der Waals surface area contributed by atoms with Crippen LogP contribution in [0.1, 0.15) is 54.4 Å². The summed E-state index contributed by atoms with van der Waals surface area (Å²) in [6.45, 7) is 13.7. The van der Waals surface area contributed by atoms with Crippen molar-refractivity contribution in [3.63, 3.8) is 0 Å². The molecule has 3 heterocycles. The van der Waals surface area contributed by atoms with Gasteiger partial charge >= 0.3 is 0 Å². The van der Waals surface area contributed by atoms with E-state index in [1.54, 1.807) is 0 Å². The highest BCUT2D eigenvalue weighted by atomic mass is 16.8.